The van der Waals surface area contributed by atoms with Crippen LogP contribution in [0.25, 0.3) is 6.08 Å². The second kappa shape index (κ2) is 8.86. The normalized spacial score (nSPS) is 14.9. The van der Waals surface area contributed by atoms with Crippen LogP contribution in [0, 0.1) is 11.6 Å². The Morgan fingerprint density at radius 1 is 1.21 bits per heavy atom. The van der Waals surface area contributed by atoms with E-state index in [1.54, 1.807) is 6.92 Å². The zero-order chi connectivity index (χ0) is 20.0. The molecule has 0 spiro atoms. The van der Waals surface area contributed by atoms with Gasteiger partial charge in [0.15, 0.2) is 0 Å². The van der Waals surface area contributed by atoms with Crippen LogP contribution < -0.4 is 5.32 Å². The highest BCUT2D eigenvalue weighted by Crippen LogP contribution is 2.30. The van der Waals surface area contributed by atoms with E-state index in [0.717, 1.165) is 17.7 Å². The van der Waals surface area contributed by atoms with E-state index >= 15 is 0 Å². The van der Waals surface area contributed by atoms with Crippen LogP contribution in [-0.4, -0.2) is 32.5 Å². The molecule has 3 aromatic rings. The smallest absolute Gasteiger partial charge is 0.137 e. The molecule has 2 N–H and O–H groups in total. The maximum atomic E-state index is 14.5. The summed E-state index contributed by atoms with van der Waals surface area (Å²) in [5, 5.41) is 18.6. The molecule has 0 fully saturated rings. The van der Waals surface area contributed by atoms with E-state index in [4.69, 9.17) is 0 Å². The first-order chi connectivity index (χ1) is 13.5. The number of hydrogen-bond acceptors (Lipinski definition) is 4. The topological polar surface area (TPSA) is 63.0 Å². The Morgan fingerprint density at radius 3 is 2.68 bits per heavy atom. The first-order valence-corrected chi connectivity index (χ1v) is 8.94. The van der Waals surface area contributed by atoms with Crippen molar-refractivity contribution in [3.8, 4) is 0 Å². The zero-order valence-corrected chi connectivity index (χ0v) is 15.5. The second-order valence-corrected chi connectivity index (χ2v) is 6.58. The van der Waals surface area contributed by atoms with Gasteiger partial charge in [-0.15, -0.1) is 0 Å². The van der Waals surface area contributed by atoms with Gasteiger partial charge < -0.3 is 10.4 Å². The highest BCUT2D eigenvalue weighted by atomic mass is 19.1. The minimum absolute atomic E-state index is 0.00330. The van der Waals surface area contributed by atoms with Gasteiger partial charge in [0.25, 0.3) is 0 Å². The number of nitrogens with one attached hydrogen (secondary N) is 1. The third-order valence-corrected chi connectivity index (χ3v) is 4.64. The fraction of sp³-hybridized carbons (Fsp3) is 0.238. The number of hydrogen-bond donors (Lipinski definition) is 2. The fourth-order valence-electron chi connectivity index (χ4n) is 3.03. The van der Waals surface area contributed by atoms with E-state index in [1.807, 2.05) is 42.5 Å². The lowest BCUT2D eigenvalue weighted by molar-refractivity contribution is -0.0190. The predicted octanol–water partition coefficient (Wildman–Crippen LogP) is 3.14. The molecule has 0 aliphatic heterocycles. The van der Waals surface area contributed by atoms with Gasteiger partial charge in [0.1, 0.15) is 29.9 Å². The minimum atomic E-state index is -1.66. The van der Waals surface area contributed by atoms with E-state index in [2.05, 4.69) is 15.4 Å². The van der Waals surface area contributed by atoms with Crippen molar-refractivity contribution in [3.05, 3.63) is 90.0 Å². The van der Waals surface area contributed by atoms with E-state index in [1.165, 1.54) is 23.4 Å². The van der Waals surface area contributed by atoms with E-state index < -0.39 is 23.3 Å². The lowest BCUT2D eigenvalue weighted by Crippen LogP contribution is -2.50. The van der Waals surface area contributed by atoms with Crippen LogP contribution in [0.1, 0.15) is 18.1 Å². The quantitative estimate of drug-likeness (QED) is 0.626. The Hall–Kier alpha value is -2.90. The summed E-state index contributed by atoms with van der Waals surface area (Å²) in [5.41, 5.74) is -0.609. The molecule has 7 heteroatoms. The van der Waals surface area contributed by atoms with Gasteiger partial charge in [0, 0.05) is 24.2 Å². The fourth-order valence-corrected chi connectivity index (χ4v) is 3.03. The molecule has 28 heavy (non-hydrogen) atoms. The van der Waals surface area contributed by atoms with Gasteiger partial charge in [0.05, 0.1) is 6.54 Å². The van der Waals surface area contributed by atoms with Crippen molar-refractivity contribution in [2.24, 2.45) is 0 Å². The molecule has 2 aromatic carbocycles. The molecule has 0 saturated carbocycles. The number of halogens is 2. The van der Waals surface area contributed by atoms with Crippen molar-refractivity contribution in [1.29, 1.82) is 0 Å². The van der Waals surface area contributed by atoms with Crippen molar-refractivity contribution >= 4 is 6.08 Å². The number of aromatic nitrogens is 3. The van der Waals surface area contributed by atoms with Crippen molar-refractivity contribution in [2.75, 3.05) is 6.54 Å². The molecule has 0 unspecified atom stereocenters. The summed E-state index contributed by atoms with van der Waals surface area (Å²) in [4.78, 5) is 3.86. The SMILES string of the molecule is C[C@H](NC/C=C/c1ccccc1)[C@@](O)(Cn1cncn1)c1ccc(F)cc1F. The van der Waals surface area contributed by atoms with Crippen LogP contribution in [-0.2, 0) is 12.1 Å². The van der Waals surface area contributed by atoms with Crippen molar-refractivity contribution < 1.29 is 13.9 Å². The summed E-state index contributed by atoms with van der Waals surface area (Å²) in [7, 11) is 0. The molecule has 5 nitrogen and oxygen atoms in total. The van der Waals surface area contributed by atoms with Crippen molar-refractivity contribution in [2.45, 2.75) is 25.1 Å². The predicted molar refractivity (Wildman–Crippen MR) is 103 cm³/mol. The number of benzene rings is 2. The Labute approximate surface area is 162 Å². The average molecular weight is 384 g/mol. The summed E-state index contributed by atoms with van der Waals surface area (Å²) in [5.74, 6) is -1.51. The van der Waals surface area contributed by atoms with Crippen LogP contribution in [0.5, 0.6) is 0 Å². The van der Waals surface area contributed by atoms with Crippen molar-refractivity contribution in [3.63, 3.8) is 0 Å². The van der Waals surface area contributed by atoms with E-state index in [-0.39, 0.29) is 12.1 Å². The number of aliphatic hydroxyl groups is 1. The van der Waals surface area contributed by atoms with Crippen molar-refractivity contribution in [1.82, 2.24) is 20.1 Å². The highest BCUT2D eigenvalue weighted by molar-refractivity contribution is 5.48. The summed E-state index contributed by atoms with van der Waals surface area (Å²) in [6, 6.07) is 12.4. The minimum Gasteiger partial charge on any atom is -0.381 e. The molecule has 3 rings (SSSR count). The van der Waals surface area contributed by atoms with E-state index in [0.29, 0.717) is 6.54 Å². The molecule has 0 aliphatic carbocycles. The molecule has 146 valence electrons. The molecule has 2 atom stereocenters. The van der Waals surface area contributed by atoms with E-state index in [9.17, 15) is 13.9 Å². The van der Waals surface area contributed by atoms with Gasteiger partial charge in [-0.1, -0.05) is 48.6 Å². The third-order valence-electron chi connectivity index (χ3n) is 4.64. The molecule has 0 radical (unpaired) electrons. The van der Waals surface area contributed by atoms with Gasteiger partial charge >= 0.3 is 0 Å². The van der Waals surface area contributed by atoms with Gasteiger partial charge in [-0.25, -0.2) is 18.4 Å². The molecule has 1 heterocycles. The second-order valence-electron chi connectivity index (χ2n) is 6.58. The van der Waals surface area contributed by atoms with Crippen LogP contribution in [0.3, 0.4) is 0 Å². The molecule has 0 aliphatic rings. The molecule has 0 amide bonds. The molecule has 0 bridgehead atoms. The summed E-state index contributed by atoms with van der Waals surface area (Å²) in [6.45, 7) is 2.17. The standard InChI is InChI=1S/C21H22F2N4O/c1-16(25-11-5-8-17-6-3-2-4-7-17)21(28,13-27-15-24-14-26-27)19-10-9-18(22)12-20(19)23/h2-10,12,14-16,25,28H,11,13H2,1H3/b8-5+/t16-,21-/m0/s1. The zero-order valence-electron chi connectivity index (χ0n) is 15.5. The number of rotatable bonds is 8. The third kappa shape index (κ3) is 4.68. The van der Waals surface area contributed by atoms with Gasteiger partial charge in [-0.3, -0.25) is 0 Å². The first-order valence-electron chi connectivity index (χ1n) is 8.94. The Bertz CT molecular complexity index is 915. The Kier molecular flexibility index (Phi) is 6.28. The largest absolute Gasteiger partial charge is 0.381 e. The number of nitrogens with zero attached hydrogens (tertiary/aromatic N) is 3. The highest BCUT2D eigenvalue weighted by Gasteiger charge is 2.38. The molecular formula is C21H22F2N4O. The summed E-state index contributed by atoms with van der Waals surface area (Å²) >= 11 is 0. The summed E-state index contributed by atoms with van der Waals surface area (Å²) in [6.07, 6.45) is 6.65. The summed E-state index contributed by atoms with van der Waals surface area (Å²) < 4.78 is 29.2. The van der Waals surface area contributed by atoms with Gasteiger partial charge in [-0.2, -0.15) is 5.10 Å². The van der Waals surface area contributed by atoms with Crippen LogP contribution >= 0.6 is 0 Å². The van der Waals surface area contributed by atoms with Gasteiger partial charge in [0.2, 0.25) is 0 Å². The molecular weight excluding hydrogens is 362 g/mol. The monoisotopic (exact) mass is 384 g/mol. The van der Waals surface area contributed by atoms with Crippen LogP contribution in [0.4, 0.5) is 8.78 Å². The first kappa shape index (κ1) is 19.9. The molecule has 0 saturated heterocycles. The Morgan fingerprint density at radius 2 is 2.00 bits per heavy atom. The maximum absolute atomic E-state index is 14.5. The van der Waals surface area contributed by atoms with Gasteiger partial charge in [-0.05, 0) is 18.6 Å². The van der Waals surface area contributed by atoms with Crippen LogP contribution in [0.15, 0.2) is 67.3 Å². The van der Waals surface area contributed by atoms with Crippen LogP contribution in [0.2, 0.25) is 0 Å². The lowest BCUT2D eigenvalue weighted by Gasteiger charge is -2.35. The molecule has 1 aromatic heterocycles. The Balaban J connectivity index is 1.78. The average Bonchev–Trinajstić information content (AvgIpc) is 3.18. The maximum Gasteiger partial charge on any atom is 0.137 e. The lowest BCUT2D eigenvalue weighted by atomic mass is 9.86.